The first-order valence-electron chi connectivity index (χ1n) is 7.11. The number of rotatable bonds is 4. The van der Waals surface area contributed by atoms with Crippen LogP contribution in [0.25, 0.3) is 0 Å². The zero-order valence-electron chi connectivity index (χ0n) is 11.9. The Bertz CT molecular complexity index is 433. The van der Waals surface area contributed by atoms with Crippen LogP contribution in [0.2, 0.25) is 0 Å². The van der Waals surface area contributed by atoms with Gasteiger partial charge in [0, 0.05) is 25.6 Å². The van der Waals surface area contributed by atoms with E-state index < -0.39 is 0 Å². The van der Waals surface area contributed by atoms with E-state index in [1.54, 1.807) is 0 Å². The molecule has 0 radical (unpaired) electrons. The molecule has 1 heterocycles. The zero-order chi connectivity index (χ0) is 14.4. The summed E-state index contributed by atoms with van der Waals surface area (Å²) < 4.78 is 0. The van der Waals surface area contributed by atoms with Crippen molar-refractivity contribution in [1.29, 1.82) is 0 Å². The molecule has 20 heavy (non-hydrogen) atoms. The summed E-state index contributed by atoms with van der Waals surface area (Å²) in [6.07, 6.45) is 0.514. The Morgan fingerprint density at radius 2 is 2.10 bits per heavy atom. The Balaban J connectivity index is 1.68. The van der Waals surface area contributed by atoms with E-state index in [0.29, 0.717) is 19.6 Å². The summed E-state index contributed by atoms with van der Waals surface area (Å²) in [5, 5.41) is 18.6. The van der Waals surface area contributed by atoms with Crippen molar-refractivity contribution in [2.24, 2.45) is 5.92 Å². The predicted octanol–water partition coefficient (Wildman–Crippen LogP) is 0.765. The Kier molecular flexibility index (Phi) is 5.38. The lowest BCUT2D eigenvalue weighted by molar-refractivity contribution is 0.0827. The van der Waals surface area contributed by atoms with Gasteiger partial charge in [0.1, 0.15) is 0 Å². The third-order valence-corrected chi connectivity index (χ3v) is 3.69. The second kappa shape index (κ2) is 7.26. The van der Waals surface area contributed by atoms with Gasteiger partial charge in [-0.1, -0.05) is 29.8 Å². The first-order chi connectivity index (χ1) is 9.65. The highest BCUT2D eigenvalue weighted by Crippen LogP contribution is 2.10. The van der Waals surface area contributed by atoms with Crippen molar-refractivity contribution in [3.05, 3.63) is 35.4 Å². The van der Waals surface area contributed by atoms with Crippen molar-refractivity contribution in [1.82, 2.24) is 16.0 Å². The minimum Gasteiger partial charge on any atom is -0.391 e. The molecule has 110 valence electrons. The zero-order valence-corrected chi connectivity index (χ0v) is 11.9. The van der Waals surface area contributed by atoms with Crippen molar-refractivity contribution < 1.29 is 9.90 Å². The second-order valence-corrected chi connectivity index (χ2v) is 5.37. The number of hydrogen-bond acceptors (Lipinski definition) is 3. The fraction of sp³-hybridized carbons (Fsp3) is 0.533. The molecule has 1 saturated heterocycles. The quantitative estimate of drug-likeness (QED) is 0.656. The minimum atomic E-state index is -0.374. The summed E-state index contributed by atoms with van der Waals surface area (Å²) >= 11 is 0. The molecule has 5 heteroatoms. The second-order valence-electron chi connectivity index (χ2n) is 5.37. The first-order valence-corrected chi connectivity index (χ1v) is 7.11. The molecular weight excluding hydrogens is 254 g/mol. The number of β-amino-alcohol motifs (C(OH)–C–C–N with tert-alkyl or cyclic N) is 1. The molecule has 2 rings (SSSR count). The van der Waals surface area contributed by atoms with E-state index >= 15 is 0 Å². The van der Waals surface area contributed by atoms with Crippen LogP contribution < -0.4 is 16.0 Å². The number of aryl methyl sites for hydroxylation is 1. The van der Waals surface area contributed by atoms with Gasteiger partial charge in [0.2, 0.25) is 0 Å². The molecule has 1 fully saturated rings. The third-order valence-electron chi connectivity index (χ3n) is 3.69. The number of urea groups is 1. The standard InChI is InChI=1S/C15H23N3O2/c1-11-2-4-12(5-3-11)8-17-15(20)18-9-13-6-7-16-10-14(13)19/h2-5,13-14,16,19H,6-10H2,1H3,(H2,17,18,20)/t13-,14+/m0/s1. The summed E-state index contributed by atoms with van der Waals surface area (Å²) in [7, 11) is 0. The first kappa shape index (κ1) is 14.8. The van der Waals surface area contributed by atoms with E-state index in [0.717, 1.165) is 18.5 Å². The molecule has 2 atom stereocenters. The Morgan fingerprint density at radius 3 is 2.80 bits per heavy atom. The van der Waals surface area contributed by atoms with Gasteiger partial charge in [-0.15, -0.1) is 0 Å². The molecule has 1 aromatic rings. The van der Waals surface area contributed by atoms with Gasteiger partial charge in [0.05, 0.1) is 6.10 Å². The molecule has 0 aliphatic carbocycles. The maximum absolute atomic E-state index is 11.7. The van der Waals surface area contributed by atoms with Gasteiger partial charge >= 0.3 is 6.03 Å². The van der Waals surface area contributed by atoms with Crippen molar-refractivity contribution in [3.63, 3.8) is 0 Å². The van der Waals surface area contributed by atoms with Crippen LogP contribution in [0.4, 0.5) is 4.79 Å². The van der Waals surface area contributed by atoms with Crippen LogP contribution in [0.5, 0.6) is 0 Å². The van der Waals surface area contributed by atoms with Gasteiger partial charge in [-0.05, 0) is 25.5 Å². The molecule has 0 bridgehead atoms. The van der Waals surface area contributed by atoms with Crippen molar-refractivity contribution >= 4 is 6.03 Å². The van der Waals surface area contributed by atoms with E-state index in [4.69, 9.17) is 0 Å². The Hall–Kier alpha value is -1.59. The molecule has 1 aromatic carbocycles. The Labute approximate surface area is 119 Å². The summed E-state index contributed by atoms with van der Waals surface area (Å²) in [4.78, 5) is 11.7. The molecule has 0 unspecified atom stereocenters. The van der Waals surface area contributed by atoms with Crippen molar-refractivity contribution in [2.75, 3.05) is 19.6 Å². The molecule has 5 nitrogen and oxygen atoms in total. The maximum Gasteiger partial charge on any atom is 0.315 e. The van der Waals surface area contributed by atoms with Gasteiger partial charge < -0.3 is 21.1 Å². The predicted molar refractivity (Wildman–Crippen MR) is 78.4 cm³/mol. The lowest BCUT2D eigenvalue weighted by Crippen LogP contribution is -2.47. The number of piperidine rings is 1. The average molecular weight is 277 g/mol. The van der Waals surface area contributed by atoms with Crippen LogP contribution >= 0.6 is 0 Å². The minimum absolute atomic E-state index is 0.140. The van der Waals surface area contributed by atoms with E-state index in [-0.39, 0.29) is 18.1 Å². The summed E-state index contributed by atoms with van der Waals surface area (Å²) in [5.74, 6) is 0.140. The normalized spacial score (nSPS) is 22.3. The third kappa shape index (κ3) is 4.51. The van der Waals surface area contributed by atoms with E-state index in [1.807, 2.05) is 31.2 Å². The highest BCUT2D eigenvalue weighted by molar-refractivity contribution is 5.73. The van der Waals surface area contributed by atoms with Gasteiger partial charge in [-0.3, -0.25) is 0 Å². The van der Waals surface area contributed by atoms with Gasteiger partial charge in [0.25, 0.3) is 0 Å². The lowest BCUT2D eigenvalue weighted by atomic mass is 9.95. The molecule has 0 saturated carbocycles. The molecule has 1 aliphatic rings. The van der Waals surface area contributed by atoms with Crippen LogP contribution in [0, 0.1) is 12.8 Å². The monoisotopic (exact) mass is 277 g/mol. The van der Waals surface area contributed by atoms with Crippen LogP contribution in [0.1, 0.15) is 17.5 Å². The maximum atomic E-state index is 11.7. The number of carbonyl (C=O) groups is 1. The van der Waals surface area contributed by atoms with Crippen LogP contribution in [-0.2, 0) is 6.54 Å². The highest BCUT2D eigenvalue weighted by Gasteiger charge is 2.22. The summed E-state index contributed by atoms with van der Waals surface area (Å²) in [5.41, 5.74) is 2.28. The van der Waals surface area contributed by atoms with Gasteiger partial charge in [-0.25, -0.2) is 4.79 Å². The largest absolute Gasteiger partial charge is 0.391 e. The van der Waals surface area contributed by atoms with Crippen LogP contribution in [0.15, 0.2) is 24.3 Å². The topological polar surface area (TPSA) is 73.4 Å². The van der Waals surface area contributed by atoms with E-state index in [1.165, 1.54) is 5.56 Å². The molecule has 2 amide bonds. The molecular formula is C15H23N3O2. The smallest absolute Gasteiger partial charge is 0.315 e. The fourth-order valence-corrected chi connectivity index (χ4v) is 2.31. The van der Waals surface area contributed by atoms with Crippen LogP contribution in [0.3, 0.4) is 0 Å². The number of benzene rings is 1. The van der Waals surface area contributed by atoms with Gasteiger partial charge in [0.15, 0.2) is 0 Å². The fourth-order valence-electron chi connectivity index (χ4n) is 2.31. The summed E-state index contributed by atoms with van der Waals surface area (Å²) in [6.45, 7) is 4.57. The number of amides is 2. The van der Waals surface area contributed by atoms with E-state index in [9.17, 15) is 9.90 Å². The van der Waals surface area contributed by atoms with E-state index in [2.05, 4.69) is 16.0 Å². The lowest BCUT2D eigenvalue weighted by Gasteiger charge is -2.28. The van der Waals surface area contributed by atoms with Crippen molar-refractivity contribution in [2.45, 2.75) is 26.0 Å². The molecule has 1 aliphatic heterocycles. The Morgan fingerprint density at radius 1 is 1.35 bits per heavy atom. The number of aliphatic hydroxyl groups is 1. The number of nitrogens with one attached hydrogen (secondary N) is 3. The van der Waals surface area contributed by atoms with Gasteiger partial charge in [-0.2, -0.15) is 0 Å². The molecule has 0 spiro atoms. The highest BCUT2D eigenvalue weighted by atomic mass is 16.3. The molecule has 0 aromatic heterocycles. The van der Waals surface area contributed by atoms with Crippen LogP contribution in [-0.4, -0.2) is 36.9 Å². The number of aliphatic hydroxyl groups excluding tert-OH is 1. The SMILES string of the molecule is Cc1ccc(CNC(=O)NC[C@@H]2CCNC[C@H]2O)cc1. The average Bonchev–Trinajstić information content (AvgIpc) is 2.46. The molecule has 4 N–H and O–H groups in total. The number of carbonyl (C=O) groups excluding carboxylic acids is 1. The van der Waals surface area contributed by atoms with Crippen molar-refractivity contribution in [3.8, 4) is 0 Å². The summed E-state index contributed by atoms with van der Waals surface area (Å²) in [6, 6.07) is 7.88. The number of hydrogen-bond donors (Lipinski definition) is 4.